The van der Waals surface area contributed by atoms with Crippen LogP contribution in [0.4, 0.5) is 0 Å². The molecule has 0 atom stereocenters. The summed E-state index contributed by atoms with van der Waals surface area (Å²) in [5, 5.41) is 1.27. The van der Waals surface area contributed by atoms with Gasteiger partial charge in [0.25, 0.3) is 0 Å². The molecule has 0 aromatic carbocycles. The summed E-state index contributed by atoms with van der Waals surface area (Å²) in [6.45, 7) is 5.42. The largest absolute Gasteiger partial charge is 0.347 e. The fraction of sp³-hybridized carbons (Fsp3) is 0.364. The van der Waals surface area contributed by atoms with Crippen molar-refractivity contribution < 1.29 is 0 Å². The standard InChI is InChI=1S/C11H14N2/c1-3-6-13-8-9(2)10-7-12-5-4-11(10)13/h4-5,7-8H,3,6H2,1-2H3. The first kappa shape index (κ1) is 8.30. The van der Waals surface area contributed by atoms with E-state index in [4.69, 9.17) is 0 Å². The van der Waals surface area contributed by atoms with Crippen molar-refractivity contribution in [3.8, 4) is 0 Å². The van der Waals surface area contributed by atoms with E-state index >= 15 is 0 Å². The van der Waals surface area contributed by atoms with E-state index < -0.39 is 0 Å². The summed E-state index contributed by atoms with van der Waals surface area (Å²) in [5.41, 5.74) is 2.62. The highest BCUT2D eigenvalue weighted by molar-refractivity contribution is 5.82. The molecule has 0 fully saturated rings. The van der Waals surface area contributed by atoms with E-state index in [0.717, 1.165) is 6.54 Å². The number of fused-ring (bicyclic) bond motifs is 1. The van der Waals surface area contributed by atoms with Crippen molar-refractivity contribution in [3.05, 3.63) is 30.2 Å². The van der Waals surface area contributed by atoms with Crippen LogP contribution in [0.25, 0.3) is 10.9 Å². The van der Waals surface area contributed by atoms with Crippen LogP contribution in [-0.4, -0.2) is 9.55 Å². The van der Waals surface area contributed by atoms with Gasteiger partial charge in [-0.2, -0.15) is 0 Å². The summed E-state index contributed by atoms with van der Waals surface area (Å²) in [6.07, 6.45) is 7.17. The minimum absolute atomic E-state index is 1.09. The highest BCUT2D eigenvalue weighted by Gasteiger charge is 2.02. The normalized spacial score (nSPS) is 10.9. The van der Waals surface area contributed by atoms with Crippen LogP contribution >= 0.6 is 0 Å². The number of hydrogen-bond acceptors (Lipinski definition) is 1. The fourth-order valence-corrected chi connectivity index (χ4v) is 1.74. The summed E-state index contributed by atoms with van der Waals surface area (Å²) >= 11 is 0. The van der Waals surface area contributed by atoms with Crippen LogP contribution < -0.4 is 0 Å². The molecule has 0 saturated carbocycles. The quantitative estimate of drug-likeness (QED) is 0.684. The van der Waals surface area contributed by atoms with E-state index in [2.05, 4.69) is 35.7 Å². The molecular formula is C11H14N2. The maximum atomic E-state index is 4.13. The summed E-state index contributed by atoms with van der Waals surface area (Å²) in [6, 6.07) is 2.08. The van der Waals surface area contributed by atoms with Gasteiger partial charge >= 0.3 is 0 Å². The Labute approximate surface area is 78.2 Å². The van der Waals surface area contributed by atoms with E-state index in [1.165, 1.54) is 22.9 Å². The van der Waals surface area contributed by atoms with Gasteiger partial charge in [-0.1, -0.05) is 6.92 Å². The van der Waals surface area contributed by atoms with Crippen molar-refractivity contribution in [2.24, 2.45) is 0 Å². The third kappa shape index (κ3) is 1.32. The molecule has 0 radical (unpaired) electrons. The summed E-state index contributed by atoms with van der Waals surface area (Å²) < 4.78 is 2.30. The van der Waals surface area contributed by atoms with Gasteiger partial charge in [0.15, 0.2) is 0 Å². The molecule has 0 bridgehead atoms. The van der Waals surface area contributed by atoms with E-state index in [0.29, 0.717) is 0 Å². The molecule has 13 heavy (non-hydrogen) atoms. The molecule has 2 heteroatoms. The number of hydrogen-bond donors (Lipinski definition) is 0. The molecule has 2 rings (SSSR count). The molecule has 2 heterocycles. The van der Waals surface area contributed by atoms with Crippen molar-refractivity contribution in [3.63, 3.8) is 0 Å². The van der Waals surface area contributed by atoms with Gasteiger partial charge in [0, 0.05) is 30.5 Å². The van der Waals surface area contributed by atoms with Gasteiger partial charge in [-0.15, -0.1) is 0 Å². The number of nitrogens with zero attached hydrogens (tertiary/aromatic N) is 2. The van der Waals surface area contributed by atoms with Crippen molar-refractivity contribution in [2.75, 3.05) is 0 Å². The lowest BCUT2D eigenvalue weighted by Gasteiger charge is -2.00. The van der Waals surface area contributed by atoms with Crippen LogP contribution in [0.1, 0.15) is 18.9 Å². The van der Waals surface area contributed by atoms with Crippen molar-refractivity contribution in [1.82, 2.24) is 9.55 Å². The molecule has 2 aromatic rings. The van der Waals surface area contributed by atoms with Gasteiger partial charge in [0.1, 0.15) is 0 Å². The molecule has 0 unspecified atom stereocenters. The van der Waals surface area contributed by atoms with E-state index in [1.54, 1.807) is 0 Å². The Bertz CT molecular complexity index is 415. The highest BCUT2D eigenvalue weighted by atomic mass is 15.0. The fourth-order valence-electron chi connectivity index (χ4n) is 1.74. The Morgan fingerprint density at radius 2 is 2.31 bits per heavy atom. The summed E-state index contributed by atoms with van der Waals surface area (Å²) in [5.74, 6) is 0. The van der Waals surface area contributed by atoms with Gasteiger partial charge in [-0.05, 0) is 25.0 Å². The molecule has 2 aromatic heterocycles. The van der Waals surface area contributed by atoms with Crippen LogP contribution in [0.5, 0.6) is 0 Å². The minimum Gasteiger partial charge on any atom is -0.347 e. The monoisotopic (exact) mass is 174 g/mol. The zero-order chi connectivity index (χ0) is 9.26. The first-order valence-electron chi connectivity index (χ1n) is 4.72. The molecule has 0 aliphatic carbocycles. The first-order chi connectivity index (χ1) is 6.33. The summed E-state index contributed by atoms with van der Waals surface area (Å²) in [4.78, 5) is 4.13. The zero-order valence-corrected chi connectivity index (χ0v) is 8.12. The van der Waals surface area contributed by atoms with Crippen LogP contribution in [-0.2, 0) is 6.54 Å². The first-order valence-corrected chi connectivity index (χ1v) is 4.72. The van der Waals surface area contributed by atoms with Crippen molar-refractivity contribution in [2.45, 2.75) is 26.8 Å². The number of aromatic nitrogens is 2. The molecule has 68 valence electrons. The van der Waals surface area contributed by atoms with Gasteiger partial charge in [0.05, 0.1) is 5.52 Å². The predicted molar refractivity (Wildman–Crippen MR) is 54.8 cm³/mol. The molecule has 0 aliphatic rings. The van der Waals surface area contributed by atoms with Gasteiger partial charge < -0.3 is 4.57 Å². The molecular weight excluding hydrogens is 160 g/mol. The lowest BCUT2D eigenvalue weighted by molar-refractivity contribution is 0.702. The van der Waals surface area contributed by atoms with E-state index in [-0.39, 0.29) is 0 Å². The van der Waals surface area contributed by atoms with Gasteiger partial charge in [0.2, 0.25) is 0 Å². The average Bonchev–Trinajstić information content (AvgIpc) is 2.46. The second-order valence-corrected chi connectivity index (χ2v) is 3.40. The van der Waals surface area contributed by atoms with Crippen LogP contribution in [0.3, 0.4) is 0 Å². The number of rotatable bonds is 2. The Balaban J connectivity index is 2.63. The van der Waals surface area contributed by atoms with Crippen LogP contribution in [0.15, 0.2) is 24.7 Å². The Morgan fingerprint density at radius 1 is 1.46 bits per heavy atom. The van der Waals surface area contributed by atoms with Gasteiger partial charge in [-0.3, -0.25) is 4.98 Å². The van der Waals surface area contributed by atoms with Crippen LogP contribution in [0.2, 0.25) is 0 Å². The Kier molecular flexibility index (Phi) is 2.05. The minimum atomic E-state index is 1.09. The third-order valence-corrected chi connectivity index (χ3v) is 2.35. The third-order valence-electron chi connectivity index (χ3n) is 2.35. The predicted octanol–water partition coefficient (Wildman–Crippen LogP) is 2.75. The maximum absolute atomic E-state index is 4.13. The SMILES string of the molecule is CCCn1cc(C)c2cnccc21. The molecule has 0 aliphatic heterocycles. The second kappa shape index (κ2) is 3.21. The maximum Gasteiger partial charge on any atom is 0.0514 e. The lowest BCUT2D eigenvalue weighted by Crippen LogP contribution is -1.93. The number of aryl methyl sites for hydroxylation is 2. The summed E-state index contributed by atoms with van der Waals surface area (Å²) in [7, 11) is 0. The molecule has 0 spiro atoms. The molecule has 2 nitrogen and oxygen atoms in total. The van der Waals surface area contributed by atoms with Crippen molar-refractivity contribution in [1.29, 1.82) is 0 Å². The molecule has 0 amide bonds. The van der Waals surface area contributed by atoms with E-state index in [1.807, 2.05) is 12.4 Å². The van der Waals surface area contributed by atoms with Crippen molar-refractivity contribution >= 4 is 10.9 Å². The lowest BCUT2D eigenvalue weighted by atomic mass is 10.2. The molecule has 0 N–H and O–H groups in total. The zero-order valence-electron chi connectivity index (χ0n) is 8.12. The Morgan fingerprint density at radius 3 is 3.08 bits per heavy atom. The average molecular weight is 174 g/mol. The topological polar surface area (TPSA) is 17.8 Å². The highest BCUT2D eigenvalue weighted by Crippen LogP contribution is 2.19. The molecule has 0 saturated heterocycles. The van der Waals surface area contributed by atoms with Gasteiger partial charge in [-0.25, -0.2) is 0 Å². The smallest absolute Gasteiger partial charge is 0.0514 e. The second-order valence-electron chi connectivity index (χ2n) is 3.40. The Hall–Kier alpha value is -1.31. The van der Waals surface area contributed by atoms with Crippen LogP contribution in [0, 0.1) is 6.92 Å². The number of pyridine rings is 1. The van der Waals surface area contributed by atoms with E-state index in [9.17, 15) is 0 Å².